The van der Waals surface area contributed by atoms with Crippen LogP contribution in [0.5, 0.6) is 0 Å². The van der Waals surface area contributed by atoms with Crippen LogP contribution in [0.25, 0.3) is 5.65 Å². The zero-order chi connectivity index (χ0) is 21.8. The number of benzene rings is 2. The van der Waals surface area contributed by atoms with Gasteiger partial charge in [0.05, 0.1) is 11.6 Å². The molecule has 2 heterocycles. The highest BCUT2D eigenvalue weighted by atomic mass is 79.9. The fraction of sp³-hybridized carbons (Fsp3) is 0.125. The number of ether oxygens (including phenoxy) is 1. The molecule has 0 aliphatic rings. The summed E-state index contributed by atoms with van der Waals surface area (Å²) in [5, 5.41) is 0. The number of aromatic nitrogens is 2. The molecule has 0 spiro atoms. The van der Waals surface area contributed by atoms with E-state index in [1.165, 1.54) is 22.6 Å². The summed E-state index contributed by atoms with van der Waals surface area (Å²) in [4.78, 5) is 29.7. The Bertz CT molecular complexity index is 1270. The van der Waals surface area contributed by atoms with E-state index in [0.29, 0.717) is 23.3 Å². The van der Waals surface area contributed by atoms with E-state index in [1.807, 2.05) is 30.3 Å². The van der Waals surface area contributed by atoms with Crippen LogP contribution in [0.4, 0.5) is 4.39 Å². The van der Waals surface area contributed by atoms with Crippen molar-refractivity contribution in [1.82, 2.24) is 9.38 Å². The molecule has 0 saturated heterocycles. The van der Waals surface area contributed by atoms with E-state index in [2.05, 4.69) is 20.9 Å². The minimum Gasteiger partial charge on any atom is -0.459 e. The molecular formula is C24H18BrFN2O3. The molecule has 0 radical (unpaired) electrons. The van der Waals surface area contributed by atoms with E-state index in [0.717, 1.165) is 10.0 Å². The van der Waals surface area contributed by atoms with Crippen molar-refractivity contribution >= 4 is 27.5 Å². The van der Waals surface area contributed by atoms with Gasteiger partial charge in [0.2, 0.25) is 0 Å². The summed E-state index contributed by atoms with van der Waals surface area (Å²) >= 11 is 3.32. The van der Waals surface area contributed by atoms with E-state index in [1.54, 1.807) is 30.5 Å². The summed E-state index contributed by atoms with van der Waals surface area (Å²) in [6, 6.07) is 20.2. The fourth-order valence-corrected chi connectivity index (χ4v) is 3.66. The number of carbonyl (C=O) groups is 1. The third-order valence-electron chi connectivity index (χ3n) is 4.88. The number of fused-ring (bicyclic) bond motifs is 1. The second kappa shape index (κ2) is 9.22. The second-order valence-corrected chi connectivity index (χ2v) is 7.98. The van der Waals surface area contributed by atoms with E-state index < -0.39 is 11.9 Å². The summed E-state index contributed by atoms with van der Waals surface area (Å²) in [6.45, 7) is -0.132. The quantitative estimate of drug-likeness (QED) is 0.376. The molecule has 0 saturated carbocycles. The van der Waals surface area contributed by atoms with Crippen LogP contribution in [0.2, 0.25) is 0 Å². The molecule has 31 heavy (non-hydrogen) atoms. The van der Waals surface area contributed by atoms with Crippen molar-refractivity contribution in [2.24, 2.45) is 0 Å². The van der Waals surface area contributed by atoms with Crippen LogP contribution in [0.3, 0.4) is 0 Å². The van der Waals surface area contributed by atoms with Crippen LogP contribution in [-0.2, 0) is 22.6 Å². The SMILES string of the molecule is O=C(OCc1cc(=O)n2cc(Br)ccc2n1)C(Cc1ccccc1)c1ccc(F)cc1. The molecular weight excluding hydrogens is 463 g/mol. The summed E-state index contributed by atoms with van der Waals surface area (Å²) in [5.74, 6) is -1.45. The second-order valence-electron chi connectivity index (χ2n) is 7.06. The minimum absolute atomic E-state index is 0.132. The van der Waals surface area contributed by atoms with Gasteiger partial charge in [0.25, 0.3) is 5.56 Å². The van der Waals surface area contributed by atoms with Gasteiger partial charge in [0.15, 0.2) is 0 Å². The third-order valence-corrected chi connectivity index (χ3v) is 5.35. The molecule has 4 aromatic rings. The maximum absolute atomic E-state index is 13.4. The lowest BCUT2D eigenvalue weighted by Crippen LogP contribution is -2.20. The number of rotatable bonds is 6. The van der Waals surface area contributed by atoms with Gasteiger partial charge in [0, 0.05) is 16.7 Å². The number of halogens is 2. The van der Waals surface area contributed by atoms with Gasteiger partial charge in [-0.2, -0.15) is 0 Å². The molecule has 0 aliphatic carbocycles. The summed E-state index contributed by atoms with van der Waals surface area (Å²) < 4.78 is 21.1. The summed E-state index contributed by atoms with van der Waals surface area (Å²) in [7, 11) is 0. The molecule has 0 N–H and O–H groups in total. The molecule has 7 heteroatoms. The van der Waals surface area contributed by atoms with Crippen molar-refractivity contribution in [3.05, 3.63) is 116 Å². The van der Waals surface area contributed by atoms with Crippen molar-refractivity contribution in [1.29, 1.82) is 0 Å². The van der Waals surface area contributed by atoms with E-state index in [-0.39, 0.29) is 18.0 Å². The Morgan fingerprint density at radius 3 is 2.55 bits per heavy atom. The van der Waals surface area contributed by atoms with Crippen LogP contribution in [0, 0.1) is 5.82 Å². The van der Waals surface area contributed by atoms with Gasteiger partial charge in [-0.25, -0.2) is 9.37 Å². The third kappa shape index (κ3) is 5.06. The molecule has 2 aromatic carbocycles. The predicted molar refractivity (Wildman–Crippen MR) is 118 cm³/mol. The molecule has 5 nitrogen and oxygen atoms in total. The topological polar surface area (TPSA) is 60.7 Å². The van der Waals surface area contributed by atoms with Gasteiger partial charge < -0.3 is 4.74 Å². The number of esters is 1. The van der Waals surface area contributed by atoms with E-state index >= 15 is 0 Å². The summed E-state index contributed by atoms with van der Waals surface area (Å²) in [5.41, 5.74) is 2.17. The Morgan fingerprint density at radius 2 is 1.81 bits per heavy atom. The lowest BCUT2D eigenvalue weighted by molar-refractivity contribution is -0.147. The lowest BCUT2D eigenvalue weighted by atomic mass is 9.92. The average molecular weight is 481 g/mol. The van der Waals surface area contributed by atoms with Gasteiger partial charge in [0.1, 0.15) is 18.1 Å². The first-order chi connectivity index (χ1) is 15.0. The first-order valence-electron chi connectivity index (χ1n) is 9.63. The van der Waals surface area contributed by atoms with Crippen molar-refractivity contribution in [3.63, 3.8) is 0 Å². The first-order valence-corrected chi connectivity index (χ1v) is 10.4. The Morgan fingerprint density at radius 1 is 1.06 bits per heavy atom. The van der Waals surface area contributed by atoms with Crippen molar-refractivity contribution in [2.45, 2.75) is 18.9 Å². The van der Waals surface area contributed by atoms with Gasteiger partial charge in [-0.15, -0.1) is 0 Å². The van der Waals surface area contributed by atoms with Gasteiger partial charge in [-0.05, 0) is 57.7 Å². The normalized spacial score (nSPS) is 11.9. The molecule has 4 rings (SSSR count). The zero-order valence-electron chi connectivity index (χ0n) is 16.4. The highest BCUT2D eigenvalue weighted by molar-refractivity contribution is 9.10. The molecule has 156 valence electrons. The maximum atomic E-state index is 13.4. The average Bonchev–Trinajstić information content (AvgIpc) is 2.78. The van der Waals surface area contributed by atoms with Crippen molar-refractivity contribution in [2.75, 3.05) is 0 Å². The van der Waals surface area contributed by atoms with Crippen molar-refractivity contribution in [3.8, 4) is 0 Å². The highest BCUT2D eigenvalue weighted by Crippen LogP contribution is 2.23. The summed E-state index contributed by atoms with van der Waals surface area (Å²) in [6.07, 6.45) is 2.04. The number of pyridine rings is 1. The van der Waals surface area contributed by atoms with Crippen LogP contribution in [0.15, 0.2) is 88.3 Å². The Labute approximate surface area is 186 Å². The Hall–Kier alpha value is -3.32. The molecule has 2 aromatic heterocycles. The molecule has 0 fully saturated rings. The number of carbonyl (C=O) groups excluding carboxylic acids is 1. The smallest absolute Gasteiger partial charge is 0.314 e. The molecule has 1 atom stereocenters. The zero-order valence-corrected chi connectivity index (χ0v) is 18.0. The van der Waals surface area contributed by atoms with Crippen molar-refractivity contribution < 1.29 is 13.9 Å². The Balaban J connectivity index is 1.56. The van der Waals surface area contributed by atoms with E-state index in [4.69, 9.17) is 4.74 Å². The Kier molecular flexibility index (Phi) is 6.23. The standard InChI is InChI=1S/C24H18BrFN2O3/c25-18-8-11-22-27-20(13-23(29)28(22)14-18)15-31-24(30)21(12-16-4-2-1-3-5-16)17-6-9-19(26)10-7-17/h1-11,13-14,21H,12,15H2. The van der Waals surface area contributed by atoms with Crippen LogP contribution < -0.4 is 5.56 Å². The van der Waals surface area contributed by atoms with Crippen LogP contribution in [-0.4, -0.2) is 15.4 Å². The van der Waals surface area contributed by atoms with Gasteiger partial charge in [-0.1, -0.05) is 42.5 Å². The highest BCUT2D eigenvalue weighted by Gasteiger charge is 2.23. The monoisotopic (exact) mass is 480 g/mol. The van der Waals surface area contributed by atoms with Gasteiger partial charge >= 0.3 is 5.97 Å². The number of hydrogen-bond donors (Lipinski definition) is 0. The fourth-order valence-electron chi connectivity index (χ4n) is 3.33. The number of nitrogens with zero attached hydrogens (tertiary/aromatic N) is 2. The molecule has 1 unspecified atom stereocenters. The number of hydrogen-bond acceptors (Lipinski definition) is 4. The maximum Gasteiger partial charge on any atom is 0.314 e. The van der Waals surface area contributed by atoms with E-state index in [9.17, 15) is 14.0 Å². The predicted octanol–water partition coefficient (Wildman–Crippen LogP) is 4.67. The van der Waals surface area contributed by atoms with Crippen LogP contribution >= 0.6 is 15.9 Å². The molecule has 0 amide bonds. The largest absolute Gasteiger partial charge is 0.459 e. The lowest BCUT2D eigenvalue weighted by Gasteiger charge is -2.17. The van der Waals surface area contributed by atoms with Gasteiger partial charge in [-0.3, -0.25) is 14.0 Å². The first kappa shape index (κ1) is 20.9. The molecule has 0 aliphatic heterocycles. The van der Waals surface area contributed by atoms with Crippen LogP contribution in [0.1, 0.15) is 22.7 Å². The molecule has 0 bridgehead atoms. The minimum atomic E-state index is -0.611.